The van der Waals surface area contributed by atoms with Gasteiger partial charge in [-0.3, -0.25) is 10.3 Å². The van der Waals surface area contributed by atoms with Gasteiger partial charge in [0.05, 0.1) is 18.0 Å². The Bertz CT molecular complexity index is 650. The number of hydrogen-bond acceptors (Lipinski definition) is 3. The van der Waals surface area contributed by atoms with Crippen LogP contribution in [0.15, 0.2) is 77.5 Å². The van der Waals surface area contributed by atoms with Crippen molar-refractivity contribution in [2.75, 3.05) is 0 Å². The number of aromatic nitrogens is 1. The molecule has 106 valence electrons. The largest absolute Gasteiger partial charge is 0.467 e. The minimum Gasteiger partial charge on any atom is -0.467 e. The molecule has 2 heterocycles. The Labute approximate surface area is 124 Å². The molecule has 21 heavy (non-hydrogen) atoms. The van der Waals surface area contributed by atoms with E-state index in [-0.39, 0.29) is 12.1 Å². The third kappa shape index (κ3) is 3.20. The predicted molar refractivity (Wildman–Crippen MR) is 82.8 cm³/mol. The molecule has 0 spiro atoms. The molecule has 0 saturated carbocycles. The summed E-state index contributed by atoms with van der Waals surface area (Å²) >= 11 is 0. The summed E-state index contributed by atoms with van der Waals surface area (Å²) < 4.78 is 5.60. The van der Waals surface area contributed by atoms with Crippen LogP contribution in [-0.4, -0.2) is 4.98 Å². The molecule has 3 rings (SSSR count). The number of pyridine rings is 1. The number of furan rings is 1. The van der Waals surface area contributed by atoms with Gasteiger partial charge in [-0.1, -0.05) is 36.4 Å². The highest BCUT2D eigenvalue weighted by Crippen LogP contribution is 2.25. The first kappa shape index (κ1) is 13.6. The molecule has 0 aliphatic carbocycles. The molecule has 0 amide bonds. The molecule has 3 aromatic rings. The molecule has 1 N–H and O–H groups in total. The molecular weight excluding hydrogens is 260 g/mol. The normalized spacial score (nSPS) is 13.8. The molecule has 0 fully saturated rings. The van der Waals surface area contributed by atoms with Crippen LogP contribution in [0.5, 0.6) is 0 Å². The van der Waals surface area contributed by atoms with Crippen LogP contribution in [0, 0.1) is 0 Å². The van der Waals surface area contributed by atoms with E-state index in [9.17, 15) is 0 Å². The summed E-state index contributed by atoms with van der Waals surface area (Å²) in [6.45, 7) is 2.11. The molecule has 0 radical (unpaired) electrons. The van der Waals surface area contributed by atoms with Gasteiger partial charge in [-0.25, -0.2) is 0 Å². The Hall–Kier alpha value is -2.39. The molecule has 0 saturated heterocycles. The lowest BCUT2D eigenvalue weighted by Gasteiger charge is -2.22. The average Bonchev–Trinajstić information content (AvgIpc) is 3.08. The van der Waals surface area contributed by atoms with Crippen LogP contribution in [0.2, 0.25) is 0 Å². The monoisotopic (exact) mass is 278 g/mol. The summed E-state index contributed by atoms with van der Waals surface area (Å²) in [5.41, 5.74) is 2.19. The topological polar surface area (TPSA) is 38.1 Å². The van der Waals surface area contributed by atoms with E-state index in [4.69, 9.17) is 4.42 Å². The van der Waals surface area contributed by atoms with Gasteiger partial charge in [0.25, 0.3) is 0 Å². The van der Waals surface area contributed by atoms with E-state index in [1.54, 1.807) is 6.26 Å². The van der Waals surface area contributed by atoms with Crippen LogP contribution in [-0.2, 0) is 0 Å². The van der Waals surface area contributed by atoms with Gasteiger partial charge in [-0.05, 0) is 36.8 Å². The van der Waals surface area contributed by atoms with Crippen molar-refractivity contribution >= 4 is 0 Å². The molecule has 1 aromatic carbocycles. The summed E-state index contributed by atoms with van der Waals surface area (Å²) in [4.78, 5) is 4.41. The summed E-state index contributed by atoms with van der Waals surface area (Å²) in [5, 5.41) is 3.60. The summed E-state index contributed by atoms with van der Waals surface area (Å²) in [6.07, 6.45) is 3.52. The molecule has 0 aliphatic rings. The van der Waals surface area contributed by atoms with Crippen LogP contribution in [0.3, 0.4) is 0 Å². The van der Waals surface area contributed by atoms with Crippen LogP contribution < -0.4 is 5.32 Å². The van der Waals surface area contributed by atoms with E-state index in [0.717, 1.165) is 11.5 Å². The third-order valence-corrected chi connectivity index (χ3v) is 3.51. The van der Waals surface area contributed by atoms with Gasteiger partial charge in [-0.15, -0.1) is 0 Å². The summed E-state index contributed by atoms with van der Waals surface area (Å²) in [7, 11) is 0. The fraction of sp³-hybridized carbons (Fsp3) is 0.167. The first-order valence-electron chi connectivity index (χ1n) is 7.10. The number of rotatable bonds is 5. The second-order valence-corrected chi connectivity index (χ2v) is 5.00. The fourth-order valence-electron chi connectivity index (χ4n) is 2.41. The van der Waals surface area contributed by atoms with Gasteiger partial charge in [-0.2, -0.15) is 0 Å². The fourth-order valence-corrected chi connectivity index (χ4v) is 2.41. The zero-order valence-corrected chi connectivity index (χ0v) is 11.9. The molecule has 0 bridgehead atoms. The number of hydrogen-bond donors (Lipinski definition) is 1. The Kier molecular flexibility index (Phi) is 4.12. The van der Waals surface area contributed by atoms with Gasteiger partial charge in [0.15, 0.2) is 0 Å². The van der Waals surface area contributed by atoms with Gasteiger partial charge in [0, 0.05) is 12.2 Å². The van der Waals surface area contributed by atoms with E-state index in [2.05, 4.69) is 29.4 Å². The summed E-state index contributed by atoms with van der Waals surface area (Å²) in [5.74, 6) is 0.906. The molecular formula is C18H18N2O. The first-order valence-corrected chi connectivity index (χ1v) is 7.10. The smallest absolute Gasteiger partial charge is 0.125 e. The number of nitrogens with zero attached hydrogens (tertiary/aromatic N) is 1. The Morgan fingerprint density at radius 1 is 0.952 bits per heavy atom. The highest BCUT2D eigenvalue weighted by atomic mass is 16.3. The van der Waals surface area contributed by atoms with Crippen LogP contribution in [0.25, 0.3) is 0 Å². The Balaban J connectivity index is 1.87. The van der Waals surface area contributed by atoms with E-state index >= 15 is 0 Å². The van der Waals surface area contributed by atoms with Gasteiger partial charge < -0.3 is 4.42 Å². The minimum atomic E-state index is 0.0122. The van der Waals surface area contributed by atoms with Gasteiger partial charge in [0.1, 0.15) is 5.76 Å². The van der Waals surface area contributed by atoms with E-state index in [0.29, 0.717) is 0 Å². The van der Waals surface area contributed by atoms with Crippen molar-refractivity contribution in [1.29, 1.82) is 0 Å². The maximum Gasteiger partial charge on any atom is 0.125 e. The number of nitrogens with one attached hydrogen (secondary N) is 1. The SMILES string of the molecule is CC(NC(c1ccccc1)c1ccco1)c1ccccn1. The molecule has 3 heteroatoms. The Morgan fingerprint density at radius 2 is 1.76 bits per heavy atom. The molecule has 2 unspecified atom stereocenters. The van der Waals surface area contributed by atoms with Crippen molar-refractivity contribution < 1.29 is 4.42 Å². The van der Waals surface area contributed by atoms with Crippen LogP contribution in [0.1, 0.15) is 36.0 Å². The number of benzene rings is 1. The van der Waals surface area contributed by atoms with E-state index in [1.807, 2.05) is 54.7 Å². The van der Waals surface area contributed by atoms with Crippen molar-refractivity contribution in [1.82, 2.24) is 10.3 Å². The maximum absolute atomic E-state index is 5.60. The molecule has 3 nitrogen and oxygen atoms in total. The van der Waals surface area contributed by atoms with Crippen LogP contribution >= 0.6 is 0 Å². The maximum atomic E-state index is 5.60. The molecule has 2 aromatic heterocycles. The highest BCUT2D eigenvalue weighted by Gasteiger charge is 2.19. The molecule has 0 aliphatic heterocycles. The lowest BCUT2D eigenvalue weighted by atomic mass is 10.0. The predicted octanol–water partition coefficient (Wildman–Crippen LogP) is 4.11. The van der Waals surface area contributed by atoms with Crippen molar-refractivity contribution in [2.45, 2.75) is 19.0 Å². The van der Waals surface area contributed by atoms with Crippen molar-refractivity contribution in [3.8, 4) is 0 Å². The lowest BCUT2D eigenvalue weighted by molar-refractivity contribution is 0.416. The van der Waals surface area contributed by atoms with Crippen molar-refractivity contribution in [3.63, 3.8) is 0 Å². The quantitative estimate of drug-likeness (QED) is 0.763. The van der Waals surface area contributed by atoms with Gasteiger partial charge in [0.2, 0.25) is 0 Å². The van der Waals surface area contributed by atoms with Crippen molar-refractivity contribution in [3.05, 3.63) is 90.1 Å². The standard InChI is InChI=1S/C18H18N2O/c1-14(16-10-5-6-12-19-16)20-18(17-11-7-13-21-17)15-8-3-2-4-9-15/h2-14,18,20H,1H3. The van der Waals surface area contributed by atoms with E-state index < -0.39 is 0 Å². The second kappa shape index (κ2) is 6.37. The lowest BCUT2D eigenvalue weighted by Crippen LogP contribution is -2.25. The zero-order valence-electron chi connectivity index (χ0n) is 11.9. The molecule has 2 atom stereocenters. The van der Waals surface area contributed by atoms with Crippen molar-refractivity contribution in [2.24, 2.45) is 0 Å². The van der Waals surface area contributed by atoms with Crippen LogP contribution in [0.4, 0.5) is 0 Å². The first-order chi connectivity index (χ1) is 10.3. The highest BCUT2D eigenvalue weighted by molar-refractivity contribution is 5.27. The van der Waals surface area contributed by atoms with E-state index in [1.165, 1.54) is 5.56 Å². The zero-order chi connectivity index (χ0) is 14.5. The Morgan fingerprint density at radius 3 is 2.43 bits per heavy atom. The average molecular weight is 278 g/mol. The second-order valence-electron chi connectivity index (χ2n) is 5.00. The van der Waals surface area contributed by atoms with Gasteiger partial charge >= 0.3 is 0 Å². The summed E-state index contributed by atoms with van der Waals surface area (Å²) in [6, 6.07) is 20.3. The third-order valence-electron chi connectivity index (χ3n) is 3.51. The minimum absolute atomic E-state index is 0.0122.